The molecule has 1 heterocycles. The Hall–Kier alpha value is -3.15. The van der Waals surface area contributed by atoms with Crippen molar-refractivity contribution in [1.29, 1.82) is 0 Å². The van der Waals surface area contributed by atoms with Crippen LogP contribution in [-0.2, 0) is 14.3 Å². The van der Waals surface area contributed by atoms with E-state index < -0.39 is 5.97 Å². The van der Waals surface area contributed by atoms with E-state index in [9.17, 15) is 14.4 Å². The Labute approximate surface area is 157 Å². The second-order valence-electron chi connectivity index (χ2n) is 6.58. The normalized spacial score (nSPS) is 15.1. The SMILES string of the molecule is Cc1cccc(OCC(=O)OCC(=O)c2ccc3c(c2)[C@H](C)C(=O)N3)c1C. The fraction of sp³-hybridized carbons (Fsp3) is 0.286. The van der Waals surface area contributed by atoms with Gasteiger partial charge in [-0.25, -0.2) is 4.79 Å². The van der Waals surface area contributed by atoms with Crippen LogP contribution in [0.15, 0.2) is 36.4 Å². The molecule has 1 atom stereocenters. The van der Waals surface area contributed by atoms with Crippen molar-refractivity contribution in [3.8, 4) is 5.75 Å². The predicted octanol–water partition coefficient (Wildman–Crippen LogP) is 3.16. The van der Waals surface area contributed by atoms with Crippen molar-refractivity contribution in [3.63, 3.8) is 0 Å². The van der Waals surface area contributed by atoms with Crippen LogP contribution in [0.1, 0.15) is 39.9 Å². The molecule has 6 heteroatoms. The highest BCUT2D eigenvalue weighted by molar-refractivity contribution is 6.05. The molecule has 0 aliphatic carbocycles. The molecule has 1 amide bonds. The number of fused-ring (bicyclic) bond motifs is 1. The lowest BCUT2D eigenvalue weighted by atomic mass is 9.99. The number of esters is 1. The van der Waals surface area contributed by atoms with E-state index in [1.165, 1.54) is 0 Å². The molecular weight excluding hydrogens is 346 g/mol. The minimum atomic E-state index is -0.615. The number of ether oxygens (including phenoxy) is 2. The summed E-state index contributed by atoms with van der Waals surface area (Å²) in [6, 6.07) is 10.6. The number of Topliss-reactive ketones (excluding diaryl/α,β-unsaturated/α-hetero) is 1. The first-order chi connectivity index (χ1) is 12.9. The van der Waals surface area contributed by atoms with Crippen LogP contribution in [-0.4, -0.2) is 30.9 Å². The fourth-order valence-corrected chi connectivity index (χ4v) is 2.88. The highest BCUT2D eigenvalue weighted by Gasteiger charge is 2.27. The van der Waals surface area contributed by atoms with Crippen LogP contribution in [0.5, 0.6) is 5.75 Å². The Morgan fingerprint density at radius 3 is 2.67 bits per heavy atom. The second kappa shape index (κ2) is 7.61. The van der Waals surface area contributed by atoms with Gasteiger partial charge in [0.25, 0.3) is 0 Å². The standard InChI is InChI=1S/C21H21NO5/c1-12-5-4-6-19(13(12)2)26-11-20(24)27-10-18(23)15-7-8-17-16(9-15)14(3)21(25)22-17/h4-9,14H,10-11H2,1-3H3,(H,22,25)/t14-/m0/s1. The maximum Gasteiger partial charge on any atom is 0.344 e. The molecule has 2 aromatic carbocycles. The summed E-state index contributed by atoms with van der Waals surface area (Å²) in [5.74, 6) is -0.728. The van der Waals surface area contributed by atoms with E-state index in [1.807, 2.05) is 26.0 Å². The fourth-order valence-electron chi connectivity index (χ4n) is 2.88. The Kier molecular flexibility index (Phi) is 5.26. The van der Waals surface area contributed by atoms with E-state index in [1.54, 1.807) is 31.2 Å². The topological polar surface area (TPSA) is 81.7 Å². The summed E-state index contributed by atoms with van der Waals surface area (Å²) in [6.45, 7) is 5.01. The Morgan fingerprint density at radius 2 is 1.89 bits per heavy atom. The van der Waals surface area contributed by atoms with Gasteiger partial charge < -0.3 is 14.8 Å². The average molecular weight is 367 g/mol. The monoisotopic (exact) mass is 367 g/mol. The van der Waals surface area contributed by atoms with Crippen LogP contribution in [0.4, 0.5) is 5.69 Å². The molecule has 140 valence electrons. The van der Waals surface area contributed by atoms with E-state index >= 15 is 0 Å². The van der Waals surface area contributed by atoms with Crippen molar-refractivity contribution in [1.82, 2.24) is 0 Å². The smallest absolute Gasteiger partial charge is 0.344 e. The molecule has 0 radical (unpaired) electrons. The van der Waals surface area contributed by atoms with Gasteiger partial charge in [-0.1, -0.05) is 12.1 Å². The van der Waals surface area contributed by atoms with Crippen molar-refractivity contribution < 1.29 is 23.9 Å². The summed E-state index contributed by atoms with van der Waals surface area (Å²) in [7, 11) is 0. The van der Waals surface area contributed by atoms with Crippen molar-refractivity contribution in [2.45, 2.75) is 26.7 Å². The number of rotatable bonds is 6. The lowest BCUT2D eigenvalue weighted by Gasteiger charge is -2.10. The Morgan fingerprint density at radius 1 is 1.11 bits per heavy atom. The number of hydrogen-bond acceptors (Lipinski definition) is 5. The number of anilines is 1. The van der Waals surface area contributed by atoms with Gasteiger partial charge in [0, 0.05) is 11.3 Å². The van der Waals surface area contributed by atoms with Crippen LogP contribution < -0.4 is 10.1 Å². The van der Waals surface area contributed by atoms with Gasteiger partial charge in [0.2, 0.25) is 5.91 Å². The average Bonchev–Trinajstić information content (AvgIpc) is 2.94. The number of hydrogen-bond donors (Lipinski definition) is 1. The summed E-state index contributed by atoms with van der Waals surface area (Å²) in [5, 5.41) is 2.75. The Bertz CT molecular complexity index is 919. The molecule has 3 rings (SSSR count). The van der Waals surface area contributed by atoms with Gasteiger partial charge in [-0.15, -0.1) is 0 Å². The third-order valence-electron chi connectivity index (χ3n) is 4.76. The van der Waals surface area contributed by atoms with Crippen LogP contribution in [0.2, 0.25) is 0 Å². The van der Waals surface area contributed by atoms with Gasteiger partial charge in [-0.2, -0.15) is 0 Å². The van der Waals surface area contributed by atoms with Gasteiger partial charge in [0.1, 0.15) is 5.75 Å². The molecule has 0 bridgehead atoms. The predicted molar refractivity (Wildman–Crippen MR) is 100 cm³/mol. The first-order valence-corrected chi connectivity index (χ1v) is 8.69. The van der Waals surface area contributed by atoms with Crippen molar-refractivity contribution in [3.05, 3.63) is 58.7 Å². The van der Waals surface area contributed by atoms with E-state index in [-0.39, 0.29) is 30.8 Å². The summed E-state index contributed by atoms with van der Waals surface area (Å²) >= 11 is 0. The molecular formula is C21H21NO5. The van der Waals surface area contributed by atoms with Crippen LogP contribution >= 0.6 is 0 Å². The number of aryl methyl sites for hydroxylation is 1. The Balaban J connectivity index is 1.54. The number of carbonyl (C=O) groups excluding carboxylic acids is 3. The quantitative estimate of drug-likeness (QED) is 0.626. The highest BCUT2D eigenvalue weighted by atomic mass is 16.6. The highest BCUT2D eigenvalue weighted by Crippen LogP contribution is 2.32. The summed E-state index contributed by atoms with van der Waals surface area (Å²) in [4.78, 5) is 35.8. The van der Waals surface area contributed by atoms with Gasteiger partial charge in [-0.3, -0.25) is 9.59 Å². The number of benzene rings is 2. The maximum atomic E-state index is 12.3. The molecule has 27 heavy (non-hydrogen) atoms. The molecule has 1 aliphatic heterocycles. The first-order valence-electron chi connectivity index (χ1n) is 8.69. The van der Waals surface area contributed by atoms with E-state index in [2.05, 4.69) is 5.32 Å². The summed E-state index contributed by atoms with van der Waals surface area (Å²) in [6.07, 6.45) is 0. The second-order valence-corrected chi connectivity index (χ2v) is 6.58. The van der Waals surface area contributed by atoms with Crippen LogP contribution in [0, 0.1) is 13.8 Å². The van der Waals surface area contributed by atoms with Crippen molar-refractivity contribution in [2.75, 3.05) is 18.5 Å². The molecule has 0 aromatic heterocycles. The zero-order chi connectivity index (χ0) is 19.6. The third kappa shape index (κ3) is 4.00. The molecule has 0 saturated carbocycles. The van der Waals surface area contributed by atoms with E-state index in [0.29, 0.717) is 17.0 Å². The van der Waals surface area contributed by atoms with Gasteiger partial charge in [-0.05, 0) is 61.7 Å². The molecule has 1 aliphatic rings. The molecule has 0 fully saturated rings. The number of amides is 1. The number of nitrogens with one attached hydrogen (secondary N) is 1. The van der Waals surface area contributed by atoms with Crippen LogP contribution in [0.3, 0.4) is 0 Å². The lowest BCUT2D eigenvalue weighted by molar-refractivity contribution is -0.144. The van der Waals surface area contributed by atoms with Gasteiger partial charge in [0.15, 0.2) is 19.0 Å². The third-order valence-corrected chi connectivity index (χ3v) is 4.76. The van der Waals surface area contributed by atoms with E-state index in [0.717, 1.165) is 16.7 Å². The zero-order valence-electron chi connectivity index (χ0n) is 15.5. The molecule has 0 spiro atoms. The maximum absolute atomic E-state index is 12.3. The van der Waals surface area contributed by atoms with Gasteiger partial charge >= 0.3 is 5.97 Å². The summed E-state index contributed by atoms with van der Waals surface area (Å²) < 4.78 is 10.5. The van der Waals surface area contributed by atoms with Gasteiger partial charge in [0.05, 0.1) is 5.92 Å². The lowest BCUT2D eigenvalue weighted by Crippen LogP contribution is -2.20. The molecule has 6 nitrogen and oxygen atoms in total. The minimum Gasteiger partial charge on any atom is -0.482 e. The molecule has 0 saturated heterocycles. The summed E-state index contributed by atoms with van der Waals surface area (Å²) in [5.41, 5.74) is 3.91. The number of carbonyl (C=O) groups is 3. The first kappa shape index (κ1) is 18.6. The van der Waals surface area contributed by atoms with Crippen molar-refractivity contribution in [2.24, 2.45) is 0 Å². The zero-order valence-corrected chi connectivity index (χ0v) is 15.5. The minimum absolute atomic E-state index is 0.0929. The molecule has 2 aromatic rings. The molecule has 0 unspecified atom stereocenters. The molecule has 1 N–H and O–H groups in total. The van der Waals surface area contributed by atoms with Crippen molar-refractivity contribution >= 4 is 23.3 Å². The van der Waals surface area contributed by atoms with Crippen LogP contribution in [0.25, 0.3) is 0 Å². The van der Waals surface area contributed by atoms with E-state index in [4.69, 9.17) is 9.47 Å². The number of ketones is 1. The largest absolute Gasteiger partial charge is 0.482 e.